The molecule has 2 aromatic carbocycles. The molecule has 124 valence electrons. The van der Waals surface area contributed by atoms with Crippen LogP contribution in [0.4, 0.5) is 18.9 Å². The highest BCUT2D eigenvalue weighted by Crippen LogP contribution is 2.37. The number of halogens is 4. The number of hydrogen-bond acceptors (Lipinski definition) is 3. The highest BCUT2D eigenvalue weighted by Gasteiger charge is 2.34. The minimum atomic E-state index is -4.51. The molecule has 0 radical (unpaired) electrons. The first-order valence-electron chi connectivity index (χ1n) is 6.80. The summed E-state index contributed by atoms with van der Waals surface area (Å²) in [7, 11) is 0. The van der Waals surface area contributed by atoms with E-state index in [0.717, 1.165) is 22.7 Å². The number of aliphatic carboxylic acids is 1. The van der Waals surface area contributed by atoms with Gasteiger partial charge in [-0.15, -0.1) is 0 Å². The first-order valence-corrected chi connectivity index (χ1v) is 7.60. The monoisotopic (exact) mass is 398 g/mol. The molecule has 0 saturated heterocycles. The highest BCUT2D eigenvalue weighted by molar-refractivity contribution is 9.10. The zero-order chi connectivity index (χ0) is 17.5. The van der Waals surface area contributed by atoms with E-state index >= 15 is 0 Å². The van der Waals surface area contributed by atoms with Crippen molar-refractivity contribution >= 4 is 33.4 Å². The quantitative estimate of drug-likeness (QED) is 0.784. The molecule has 0 fully saturated rings. The number of aliphatic imine (C=N–C) groups is 1. The van der Waals surface area contributed by atoms with Gasteiger partial charge in [0.25, 0.3) is 0 Å². The van der Waals surface area contributed by atoms with E-state index in [-0.39, 0.29) is 17.1 Å². The summed E-state index contributed by atoms with van der Waals surface area (Å²) in [4.78, 5) is 15.6. The van der Waals surface area contributed by atoms with Crippen LogP contribution in [0.15, 0.2) is 51.9 Å². The second-order valence-corrected chi connectivity index (χ2v) is 6.07. The van der Waals surface area contributed by atoms with E-state index in [4.69, 9.17) is 0 Å². The number of rotatable bonds is 2. The van der Waals surface area contributed by atoms with E-state index in [1.54, 1.807) is 24.3 Å². The molecular formula is C16H10BrF3N2O2. The lowest BCUT2D eigenvalue weighted by molar-refractivity contribution is -0.138. The fourth-order valence-electron chi connectivity index (χ4n) is 2.41. The minimum absolute atomic E-state index is 0.0854. The molecule has 0 saturated carbocycles. The highest BCUT2D eigenvalue weighted by atomic mass is 79.9. The summed E-state index contributed by atoms with van der Waals surface area (Å²) >= 11 is 3.29. The van der Waals surface area contributed by atoms with Crippen molar-refractivity contribution < 1.29 is 23.1 Å². The zero-order valence-electron chi connectivity index (χ0n) is 11.9. The molecule has 1 unspecified atom stereocenters. The third-order valence-electron chi connectivity index (χ3n) is 3.52. The molecule has 4 nitrogen and oxygen atoms in total. The summed E-state index contributed by atoms with van der Waals surface area (Å²) in [6.45, 7) is 0. The molecule has 1 atom stereocenters. The number of alkyl halides is 3. The van der Waals surface area contributed by atoms with Crippen LogP contribution in [0, 0.1) is 0 Å². The Morgan fingerprint density at radius 2 is 1.96 bits per heavy atom. The van der Waals surface area contributed by atoms with E-state index in [1.807, 2.05) is 0 Å². The van der Waals surface area contributed by atoms with Gasteiger partial charge < -0.3 is 10.4 Å². The maximum Gasteiger partial charge on any atom is 0.416 e. The second-order valence-electron chi connectivity index (χ2n) is 5.15. The van der Waals surface area contributed by atoms with Crippen molar-refractivity contribution in [2.75, 3.05) is 5.32 Å². The lowest BCUT2D eigenvalue weighted by atomic mass is 9.99. The van der Waals surface area contributed by atoms with Crippen LogP contribution in [0.2, 0.25) is 0 Å². The fraction of sp³-hybridized carbons (Fsp3) is 0.125. The van der Waals surface area contributed by atoms with Crippen molar-refractivity contribution in [2.45, 2.75) is 12.2 Å². The number of carbonyl (C=O) groups is 1. The minimum Gasteiger partial charge on any atom is -0.479 e. The number of hydrogen-bond donors (Lipinski definition) is 2. The van der Waals surface area contributed by atoms with Gasteiger partial charge in [-0.3, -0.25) is 0 Å². The molecule has 2 N–H and O–H groups in total. The Bertz CT molecular complexity index is 849. The van der Waals surface area contributed by atoms with Gasteiger partial charge in [0.15, 0.2) is 6.04 Å². The zero-order valence-corrected chi connectivity index (χ0v) is 13.5. The third kappa shape index (κ3) is 3.14. The average Bonchev–Trinajstić information content (AvgIpc) is 2.52. The number of amidine groups is 1. The van der Waals surface area contributed by atoms with Crippen LogP contribution >= 0.6 is 15.9 Å². The molecule has 0 aliphatic carbocycles. The van der Waals surface area contributed by atoms with E-state index in [2.05, 4.69) is 26.2 Å². The molecule has 0 amide bonds. The Morgan fingerprint density at radius 3 is 2.58 bits per heavy atom. The van der Waals surface area contributed by atoms with Gasteiger partial charge in [-0.25, -0.2) is 9.79 Å². The van der Waals surface area contributed by atoms with E-state index in [9.17, 15) is 23.1 Å². The van der Waals surface area contributed by atoms with Crippen molar-refractivity contribution in [3.8, 4) is 0 Å². The molecule has 1 heterocycles. The maximum atomic E-state index is 12.9. The van der Waals surface area contributed by atoms with E-state index < -0.39 is 23.8 Å². The van der Waals surface area contributed by atoms with Crippen LogP contribution in [0.1, 0.15) is 22.7 Å². The van der Waals surface area contributed by atoms with Crippen LogP contribution in [0.3, 0.4) is 0 Å². The molecule has 1 aliphatic heterocycles. The standard InChI is InChI=1S/C16H10BrF3N2O2/c17-10-3-1-2-8(6-10)14-21-12-7-9(16(18,19)20)4-5-11(12)13(22-14)15(23)24/h1-7,13H,(H,21,22)(H,23,24). The lowest BCUT2D eigenvalue weighted by Gasteiger charge is -2.24. The second kappa shape index (κ2) is 5.94. The predicted molar refractivity (Wildman–Crippen MR) is 86.1 cm³/mol. The van der Waals surface area contributed by atoms with Crippen LogP contribution in [0.5, 0.6) is 0 Å². The van der Waals surface area contributed by atoms with Gasteiger partial charge in [0.05, 0.1) is 5.56 Å². The number of nitrogens with one attached hydrogen (secondary N) is 1. The molecule has 0 aromatic heterocycles. The van der Waals surface area contributed by atoms with Gasteiger partial charge in [-0.2, -0.15) is 13.2 Å². The van der Waals surface area contributed by atoms with Crippen molar-refractivity contribution in [2.24, 2.45) is 4.99 Å². The van der Waals surface area contributed by atoms with Crippen LogP contribution in [0.25, 0.3) is 0 Å². The molecule has 8 heteroatoms. The molecule has 0 bridgehead atoms. The number of carboxylic acids is 1. The van der Waals surface area contributed by atoms with Gasteiger partial charge >= 0.3 is 12.1 Å². The predicted octanol–water partition coefficient (Wildman–Crippen LogP) is 4.47. The summed E-state index contributed by atoms with van der Waals surface area (Å²) in [6.07, 6.45) is -4.51. The van der Waals surface area contributed by atoms with Crippen LogP contribution in [-0.4, -0.2) is 16.9 Å². The Labute approximate surface area is 143 Å². The van der Waals surface area contributed by atoms with Gasteiger partial charge in [-0.05, 0) is 24.3 Å². The third-order valence-corrected chi connectivity index (χ3v) is 4.01. The Kier molecular flexibility index (Phi) is 4.08. The van der Waals surface area contributed by atoms with Crippen molar-refractivity contribution in [3.05, 3.63) is 63.6 Å². The summed E-state index contributed by atoms with van der Waals surface area (Å²) in [5.74, 6) is -1.03. The summed E-state index contributed by atoms with van der Waals surface area (Å²) in [5.41, 5.74) is -0.0106. The molecular weight excluding hydrogens is 389 g/mol. The van der Waals surface area contributed by atoms with Gasteiger partial charge in [-0.1, -0.05) is 34.1 Å². The van der Waals surface area contributed by atoms with Gasteiger partial charge in [0.1, 0.15) is 5.84 Å². The number of carboxylic acid groups (broad SMARTS) is 1. The number of anilines is 1. The summed E-state index contributed by atoms with van der Waals surface area (Å²) < 4.78 is 39.5. The Hall–Kier alpha value is -2.35. The van der Waals surface area contributed by atoms with Crippen molar-refractivity contribution in [3.63, 3.8) is 0 Å². The molecule has 2 aromatic rings. The fourth-order valence-corrected chi connectivity index (χ4v) is 2.81. The number of nitrogens with zero attached hydrogens (tertiary/aromatic N) is 1. The summed E-state index contributed by atoms with van der Waals surface area (Å²) in [5, 5.41) is 12.2. The Balaban J connectivity index is 2.10. The van der Waals surface area contributed by atoms with Gasteiger partial charge in [0, 0.05) is 21.3 Å². The topological polar surface area (TPSA) is 61.7 Å². The first-order chi connectivity index (χ1) is 11.3. The smallest absolute Gasteiger partial charge is 0.416 e. The Morgan fingerprint density at radius 1 is 1.21 bits per heavy atom. The van der Waals surface area contributed by atoms with Crippen LogP contribution in [-0.2, 0) is 11.0 Å². The SMILES string of the molecule is O=C(O)C1N=C(c2cccc(Br)c2)Nc2cc(C(F)(F)F)ccc21. The number of fused-ring (bicyclic) bond motifs is 1. The first kappa shape index (κ1) is 16.5. The van der Waals surface area contributed by atoms with Gasteiger partial charge in [0.2, 0.25) is 0 Å². The normalized spacial score (nSPS) is 16.8. The summed E-state index contributed by atoms with van der Waals surface area (Å²) in [6, 6.07) is 8.52. The van der Waals surface area contributed by atoms with E-state index in [1.165, 1.54) is 0 Å². The largest absolute Gasteiger partial charge is 0.479 e. The maximum absolute atomic E-state index is 12.9. The number of benzene rings is 2. The molecule has 0 spiro atoms. The lowest BCUT2D eigenvalue weighted by Crippen LogP contribution is -2.25. The van der Waals surface area contributed by atoms with E-state index in [0.29, 0.717) is 5.56 Å². The molecule has 3 rings (SSSR count). The average molecular weight is 399 g/mol. The van der Waals surface area contributed by atoms with Crippen LogP contribution < -0.4 is 5.32 Å². The molecule has 1 aliphatic rings. The van der Waals surface area contributed by atoms with Crippen molar-refractivity contribution in [1.29, 1.82) is 0 Å². The molecule has 24 heavy (non-hydrogen) atoms. The van der Waals surface area contributed by atoms with Crippen molar-refractivity contribution in [1.82, 2.24) is 0 Å².